The maximum atomic E-state index is 11.9. The molecule has 0 bridgehead atoms. The Bertz CT molecular complexity index is 375. The lowest BCUT2D eigenvalue weighted by molar-refractivity contribution is 0.0142. The molecule has 1 aromatic rings. The van der Waals surface area contributed by atoms with Gasteiger partial charge in [-0.15, -0.1) is 0 Å². The van der Waals surface area contributed by atoms with Crippen molar-refractivity contribution in [2.45, 2.75) is 45.6 Å². The Morgan fingerprint density at radius 3 is 2.28 bits per heavy atom. The highest BCUT2D eigenvalue weighted by atomic mass is 16.5. The molecule has 18 heavy (non-hydrogen) atoms. The van der Waals surface area contributed by atoms with Crippen LogP contribution in [-0.4, -0.2) is 12.1 Å². The van der Waals surface area contributed by atoms with Gasteiger partial charge < -0.3 is 4.74 Å². The molecule has 0 N–H and O–H groups in total. The SMILES string of the molecule is CC(C)C1CCC(OC(=O)c2ccccc2)CC1. The van der Waals surface area contributed by atoms with Gasteiger partial charge in [-0.25, -0.2) is 4.79 Å². The van der Waals surface area contributed by atoms with Crippen molar-refractivity contribution in [1.29, 1.82) is 0 Å². The van der Waals surface area contributed by atoms with Gasteiger partial charge in [-0.3, -0.25) is 0 Å². The zero-order valence-corrected chi connectivity index (χ0v) is 11.3. The minimum Gasteiger partial charge on any atom is -0.459 e. The van der Waals surface area contributed by atoms with E-state index >= 15 is 0 Å². The standard InChI is InChI=1S/C16H22O2/c1-12(2)13-8-10-15(11-9-13)18-16(17)14-6-4-3-5-7-14/h3-7,12-13,15H,8-11H2,1-2H3. The van der Waals surface area contributed by atoms with Crippen LogP contribution in [0.4, 0.5) is 0 Å². The molecule has 2 nitrogen and oxygen atoms in total. The van der Waals surface area contributed by atoms with Crippen LogP contribution < -0.4 is 0 Å². The molecular weight excluding hydrogens is 224 g/mol. The highest BCUT2D eigenvalue weighted by molar-refractivity contribution is 5.89. The summed E-state index contributed by atoms with van der Waals surface area (Å²) in [5, 5.41) is 0. The Labute approximate surface area is 109 Å². The van der Waals surface area contributed by atoms with Crippen molar-refractivity contribution in [2.75, 3.05) is 0 Å². The van der Waals surface area contributed by atoms with Crippen molar-refractivity contribution in [3.05, 3.63) is 35.9 Å². The maximum absolute atomic E-state index is 11.9. The molecule has 0 saturated heterocycles. The number of hydrogen-bond acceptors (Lipinski definition) is 2. The first-order valence-electron chi connectivity index (χ1n) is 6.93. The van der Waals surface area contributed by atoms with Gasteiger partial charge in [0.05, 0.1) is 5.56 Å². The number of benzene rings is 1. The van der Waals surface area contributed by atoms with E-state index in [9.17, 15) is 4.79 Å². The van der Waals surface area contributed by atoms with E-state index in [1.165, 1.54) is 12.8 Å². The second-order valence-corrected chi connectivity index (χ2v) is 5.55. The van der Waals surface area contributed by atoms with Crippen LogP contribution >= 0.6 is 0 Å². The van der Waals surface area contributed by atoms with Gasteiger partial charge in [-0.05, 0) is 49.7 Å². The van der Waals surface area contributed by atoms with E-state index in [4.69, 9.17) is 4.74 Å². The summed E-state index contributed by atoms with van der Waals surface area (Å²) >= 11 is 0. The molecule has 0 radical (unpaired) electrons. The molecule has 0 aromatic heterocycles. The fourth-order valence-electron chi connectivity index (χ4n) is 2.67. The van der Waals surface area contributed by atoms with Crippen LogP contribution in [0, 0.1) is 11.8 Å². The largest absolute Gasteiger partial charge is 0.459 e. The lowest BCUT2D eigenvalue weighted by Crippen LogP contribution is -2.26. The monoisotopic (exact) mass is 246 g/mol. The van der Waals surface area contributed by atoms with E-state index < -0.39 is 0 Å². The minimum atomic E-state index is -0.177. The van der Waals surface area contributed by atoms with Gasteiger partial charge >= 0.3 is 5.97 Å². The second-order valence-electron chi connectivity index (χ2n) is 5.55. The first-order valence-corrected chi connectivity index (χ1v) is 6.93. The predicted molar refractivity (Wildman–Crippen MR) is 72.4 cm³/mol. The summed E-state index contributed by atoms with van der Waals surface area (Å²) < 4.78 is 5.57. The smallest absolute Gasteiger partial charge is 0.338 e. The van der Waals surface area contributed by atoms with E-state index in [2.05, 4.69) is 13.8 Å². The van der Waals surface area contributed by atoms with Crippen LogP contribution in [0.5, 0.6) is 0 Å². The van der Waals surface area contributed by atoms with Crippen molar-refractivity contribution in [1.82, 2.24) is 0 Å². The van der Waals surface area contributed by atoms with Crippen LogP contribution in [0.3, 0.4) is 0 Å². The summed E-state index contributed by atoms with van der Waals surface area (Å²) in [4.78, 5) is 11.9. The third-order valence-corrected chi connectivity index (χ3v) is 3.94. The van der Waals surface area contributed by atoms with Gasteiger partial charge in [0, 0.05) is 0 Å². The van der Waals surface area contributed by atoms with Gasteiger partial charge in [-0.1, -0.05) is 32.0 Å². The Hall–Kier alpha value is -1.31. The van der Waals surface area contributed by atoms with Crippen LogP contribution in [0.1, 0.15) is 49.9 Å². The van der Waals surface area contributed by atoms with Crippen LogP contribution in [-0.2, 0) is 4.74 Å². The first kappa shape index (κ1) is 13.1. The molecule has 2 rings (SSSR count). The topological polar surface area (TPSA) is 26.3 Å². The van der Waals surface area contributed by atoms with Gasteiger partial charge in [0.2, 0.25) is 0 Å². The fraction of sp³-hybridized carbons (Fsp3) is 0.562. The zero-order valence-electron chi connectivity index (χ0n) is 11.3. The van der Waals surface area contributed by atoms with E-state index in [1.54, 1.807) is 0 Å². The summed E-state index contributed by atoms with van der Waals surface area (Å²) in [5.41, 5.74) is 0.656. The highest BCUT2D eigenvalue weighted by Gasteiger charge is 2.25. The van der Waals surface area contributed by atoms with Gasteiger partial charge in [0.25, 0.3) is 0 Å². The summed E-state index contributed by atoms with van der Waals surface area (Å²) in [7, 11) is 0. The number of carbonyl (C=O) groups excluding carboxylic acids is 1. The van der Waals surface area contributed by atoms with Crippen molar-refractivity contribution in [2.24, 2.45) is 11.8 Å². The molecule has 98 valence electrons. The summed E-state index contributed by atoms with van der Waals surface area (Å²) in [6.45, 7) is 4.56. The average Bonchev–Trinajstić information content (AvgIpc) is 2.40. The van der Waals surface area contributed by atoms with E-state index in [1.807, 2.05) is 30.3 Å². The molecule has 0 heterocycles. The minimum absolute atomic E-state index is 0.118. The lowest BCUT2D eigenvalue weighted by atomic mass is 9.80. The average molecular weight is 246 g/mol. The van der Waals surface area contributed by atoms with E-state index in [0.717, 1.165) is 24.7 Å². The molecule has 0 spiro atoms. The molecule has 0 atom stereocenters. The Morgan fingerprint density at radius 2 is 1.72 bits per heavy atom. The van der Waals surface area contributed by atoms with Crippen molar-refractivity contribution in [3.63, 3.8) is 0 Å². The number of rotatable bonds is 3. The number of carbonyl (C=O) groups is 1. The fourth-order valence-corrected chi connectivity index (χ4v) is 2.67. The maximum Gasteiger partial charge on any atom is 0.338 e. The van der Waals surface area contributed by atoms with Gasteiger partial charge in [-0.2, -0.15) is 0 Å². The molecule has 0 aliphatic heterocycles. The highest BCUT2D eigenvalue weighted by Crippen LogP contribution is 2.31. The predicted octanol–water partition coefficient (Wildman–Crippen LogP) is 4.06. The normalized spacial score (nSPS) is 23.9. The molecule has 0 unspecified atom stereocenters. The number of hydrogen-bond donors (Lipinski definition) is 0. The number of esters is 1. The van der Waals surface area contributed by atoms with Gasteiger partial charge in [0.1, 0.15) is 6.10 Å². The third kappa shape index (κ3) is 3.34. The van der Waals surface area contributed by atoms with Gasteiger partial charge in [0.15, 0.2) is 0 Å². The zero-order chi connectivity index (χ0) is 13.0. The quantitative estimate of drug-likeness (QED) is 0.752. The summed E-state index contributed by atoms with van der Waals surface area (Å²) in [6.07, 6.45) is 4.52. The molecule has 2 heteroatoms. The summed E-state index contributed by atoms with van der Waals surface area (Å²) in [6, 6.07) is 9.26. The molecule has 1 saturated carbocycles. The lowest BCUT2D eigenvalue weighted by Gasteiger charge is -2.30. The first-order chi connectivity index (χ1) is 8.66. The summed E-state index contributed by atoms with van der Waals surface area (Å²) in [5.74, 6) is 1.37. The van der Waals surface area contributed by atoms with Crippen molar-refractivity contribution in [3.8, 4) is 0 Å². The second kappa shape index (κ2) is 6.03. The van der Waals surface area contributed by atoms with Crippen LogP contribution in [0.15, 0.2) is 30.3 Å². The van der Waals surface area contributed by atoms with E-state index in [0.29, 0.717) is 5.56 Å². The Balaban J connectivity index is 1.83. The van der Waals surface area contributed by atoms with Crippen LogP contribution in [0.25, 0.3) is 0 Å². The molecule has 1 aliphatic carbocycles. The third-order valence-electron chi connectivity index (χ3n) is 3.94. The molecule has 1 aromatic carbocycles. The molecule has 0 amide bonds. The Kier molecular flexibility index (Phi) is 4.40. The number of ether oxygens (including phenoxy) is 1. The molecular formula is C16H22O2. The molecule has 1 fully saturated rings. The van der Waals surface area contributed by atoms with Crippen molar-refractivity contribution >= 4 is 5.97 Å². The van der Waals surface area contributed by atoms with E-state index in [-0.39, 0.29) is 12.1 Å². The van der Waals surface area contributed by atoms with Crippen LogP contribution in [0.2, 0.25) is 0 Å². The van der Waals surface area contributed by atoms with Crippen molar-refractivity contribution < 1.29 is 9.53 Å². The Morgan fingerprint density at radius 1 is 1.11 bits per heavy atom. The molecule has 1 aliphatic rings.